The minimum atomic E-state index is 0.399. The third-order valence-corrected chi connectivity index (χ3v) is 3.48. The number of benzene rings is 1. The van der Waals surface area contributed by atoms with Crippen molar-refractivity contribution in [3.8, 4) is 0 Å². The van der Waals surface area contributed by atoms with Gasteiger partial charge in [0.15, 0.2) is 0 Å². The Bertz CT molecular complexity index is 526. The topological polar surface area (TPSA) is 29.9 Å². The molecule has 0 spiro atoms. The van der Waals surface area contributed by atoms with Gasteiger partial charge >= 0.3 is 0 Å². The summed E-state index contributed by atoms with van der Waals surface area (Å²) >= 11 is 5.98. The predicted octanol–water partition coefficient (Wildman–Crippen LogP) is 2.65. The van der Waals surface area contributed by atoms with Crippen LogP contribution in [0.25, 0.3) is 11.0 Å². The maximum atomic E-state index is 5.98. The molecule has 16 heavy (non-hydrogen) atoms. The predicted molar refractivity (Wildman–Crippen MR) is 65.7 cm³/mol. The molecule has 1 N–H and O–H groups in total. The average molecular weight is 236 g/mol. The lowest BCUT2D eigenvalue weighted by Crippen LogP contribution is -2.16. The zero-order valence-electron chi connectivity index (χ0n) is 9.20. The normalized spacial score (nSPS) is 20.8. The van der Waals surface area contributed by atoms with E-state index in [9.17, 15) is 0 Å². The molecule has 1 aliphatic heterocycles. The summed E-state index contributed by atoms with van der Waals surface area (Å²) in [5.41, 5.74) is 2.13. The number of aryl methyl sites for hydroxylation is 1. The van der Waals surface area contributed by atoms with Gasteiger partial charge in [0.25, 0.3) is 0 Å². The van der Waals surface area contributed by atoms with Gasteiger partial charge in [0.05, 0.1) is 17.1 Å². The third kappa shape index (κ3) is 1.51. The van der Waals surface area contributed by atoms with Crippen LogP contribution in [-0.4, -0.2) is 16.1 Å². The summed E-state index contributed by atoms with van der Waals surface area (Å²) < 4.78 is 2.16. The maximum absolute atomic E-state index is 5.98. The first-order valence-electron chi connectivity index (χ1n) is 5.61. The number of aromatic nitrogens is 2. The Morgan fingerprint density at radius 3 is 3.12 bits per heavy atom. The van der Waals surface area contributed by atoms with Crippen LogP contribution in [-0.2, 0) is 7.05 Å². The number of nitrogens with one attached hydrogen (secondary N) is 1. The van der Waals surface area contributed by atoms with Gasteiger partial charge in [0, 0.05) is 12.1 Å². The Balaban J connectivity index is 2.14. The smallest absolute Gasteiger partial charge is 0.126 e. The molecule has 1 aliphatic rings. The second-order valence-corrected chi connectivity index (χ2v) is 4.75. The number of hydrogen-bond acceptors (Lipinski definition) is 2. The van der Waals surface area contributed by atoms with Crippen molar-refractivity contribution < 1.29 is 0 Å². The summed E-state index contributed by atoms with van der Waals surface area (Å²) in [6, 6.07) is 6.27. The second-order valence-electron chi connectivity index (χ2n) is 4.31. The van der Waals surface area contributed by atoms with Crippen LogP contribution in [0.15, 0.2) is 18.2 Å². The standard InChI is InChI=1S/C12H14ClN3/c1-16-11-5-4-8(13)7-10(11)15-12(16)9-3-2-6-14-9/h4-5,7,9,14H,2-3,6H2,1H3/t9-/m0/s1. The van der Waals surface area contributed by atoms with Gasteiger partial charge in [-0.2, -0.15) is 0 Å². The molecule has 2 aromatic rings. The average Bonchev–Trinajstić information content (AvgIpc) is 2.86. The zero-order chi connectivity index (χ0) is 11.1. The molecule has 0 aliphatic carbocycles. The van der Waals surface area contributed by atoms with Crippen LogP contribution in [0.4, 0.5) is 0 Å². The van der Waals surface area contributed by atoms with Crippen LogP contribution < -0.4 is 5.32 Å². The van der Waals surface area contributed by atoms with Gasteiger partial charge in [-0.1, -0.05) is 11.6 Å². The second kappa shape index (κ2) is 3.75. The molecule has 0 radical (unpaired) electrons. The van der Waals surface area contributed by atoms with Crippen LogP contribution in [0.3, 0.4) is 0 Å². The fourth-order valence-electron chi connectivity index (χ4n) is 2.41. The van der Waals surface area contributed by atoms with Crippen molar-refractivity contribution in [1.29, 1.82) is 0 Å². The van der Waals surface area contributed by atoms with Gasteiger partial charge in [0.2, 0.25) is 0 Å². The van der Waals surface area contributed by atoms with Crippen molar-refractivity contribution in [1.82, 2.24) is 14.9 Å². The van der Waals surface area contributed by atoms with E-state index in [1.54, 1.807) is 0 Å². The van der Waals surface area contributed by atoms with E-state index < -0.39 is 0 Å². The van der Waals surface area contributed by atoms with E-state index >= 15 is 0 Å². The molecule has 1 atom stereocenters. The van der Waals surface area contributed by atoms with Gasteiger partial charge < -0.3 is 9.88 Å². The lowest BCUT2D eigenvalue weighted by molar-refractivity contribution is 0.584. The van der Waals surface area contributed by atoms with E-state index in [1.807, 2.05) is 18.2 Å². The van der Waals surface area contributed by atoms with E-state index in [1.165, 1.54) is 12.8 Å². The monoisotopic (exact) mass is 235 g/mol. The number of imidazole rings is 1. The Kier molecular flexibility index (Phi) is 2.37. The molecule has 0 saturated carbocycles. The molecule has 0 unspecified atom stereocenters. The highest BCUT2D eigenvalue weighted by Crippen LogP contribution is 2.26. The Morgan fingerprint density at radius 1 is 1.50 bits per heavy atom. The lowest BCUT2D eigenvalue weighted by atomic mass is 10.2. The highest BCUT2D eigenvalue weighted by Gasteiger charge is 2.21. The van der Waals surface area contributed by atoms with Crippen LogP contribution >= 0.6 is 11.6 Å². The van der Waals surface area contributed by atoms with E-state index in [0.717, 1.165) is 28.4 Å². The molecule has 84 valence electrons. The molecule has 1 aromatic carbocycles. The maximum Gasteiger partial charge on any atom is 0.126 e. The summed E-state index contributed by atoms with van der Waals surface area (Å²) in [7, 11) is 2.07. The molecule has 3 rings (SSSR count). The molecule has 4 heteroatoms. The number of nitrogens with zero attached hydrogens (tertiary/aromatic N) is 2. The Morgan fingerprint density at radius 2 is 2.38 bits per heavy atom. The molecule has 1 fully saturated rings. The van der Waals surface area contributed by atoms with Crippen molar-refractivity contribution >= 4 is 22.6 Å². The molecule has 3 nitrogen and oxygen atoms in total. The zero-order valence-corrected chi connectivity index (χ0v) is 9.96. The number of hydrogen-bond donors (Lipinski definition) is 1. The van der Waals surface area contributed by atoms with Crippen molar-refractivity contribution in [2.45, 2.75) is 18.9 Å². The summed E-state index contributed by atoms with van der Waals surface area (Å²) in [6.45, 7) is 1.09. The highest BCUT2D eigenvalue weighted by molar-refractivity contribution is 6.31. The summed E-state index contributed by atoms with van der Waals surface area (Å²) in [5, 5.41) is 4.22. The van der Waals surface area contributed by atoms with Gasteiger partial charge in [-0.15, -0.1) is 0 Å². The van der Waals surface area contributed by atoms with E-state index in [-0.39, 0.29) is 0 Å². The van der Waals surface area contributed by atoms with Crippen molar-refractivity contribution in [2.24, 2.45) is 7.05 Å². The first-order valence-corrected chi connectivity index (χ1v) is 5.99. The molecule has 0 amide bonds. The molecule has 2 heterocycles. The first kappa shape index (κ1) is 10.1. The van der Waals surface area contributed by atoms with Gasteiger partial charge in [-0.05, 0) is 37.6 Å². The summed E-state index contributed by atoms with van der Waals surface area (Å²) in [5.74, 6) is 1.12. The molecular formula is C12H14ClN3. The largest absolute Gasteiger partial charge is 0.330 e. The minimum absolute atomic E-state index is 0.399. The van der Waals surface area contributed by atoms with Crippen molar-refractivity contribution in [3.05, 3.63) is 29.0 Å². The van der Waals surface area contributed by atoms with Crippen LogP contribution in [0.5, 0.6) is 0 Å². The highest BCUT2D eigenvalue weighted by atomic mass is 35.5. The quantitative estimate of drug-likeness (QED) is 0.824. The number of halogens is 1. The Labute approximate surface area is 99.4 Å². The SMILES string of the molecule is Cn1c([C@@H]2CCCN2)nc2cc(Cl)ccc21. The fourth-order valence-corrected chi connectivity index (χ4v) is 2.57. The van der Waals surface area contributed by atoms with E-state index in [4.69, 9.17) is 11.6 Å². The third-order valence-electron chi connectivity index (χ3n) is 3.25. The molecule has 1 saturated heterocycles. The summed E-state index contributed by atoms with van der Waals surface area (Å²) in [6.07, 6.45) is 2.40. The van der Waals surface area contributed by atoms with E-state index in [2.05, 4.69) is 21.9 Å². The lowest BCUT2D eigenvalue weighted by Gasteiger charge is -2.09. The number of fused-ring (bicyclic) bond motifs is 1. The van der Waals surface area contributed by atoms with Crippen molar-refractivity contribution in [3.63, 3.8) is 0 Å². The van der Waals surface area contributed by atoms with Gasteiger partial charge in [-0.3, -0.25) is 0 Å². The summed E-state index contributed by atoms with van der Waals surface area (Å²) in [4.78, 5) is 4.67. The van der Waals surface area contributed by atoms with Crippen LogP contribution in [0, 0.1) is 0 Å². The Hall–Kier alpha value is -1.06. The molecule has 0 bridgehead atoms. The molecule has 1 aromatic heterocycles. The van der Waals surface area contributed by atoms with Crippen LogP contribution in [0.1, 0.15) is 24.7 Å². The number of rotatable bonds is 1. The van der Waals surface area contributed by atoms with Crippen LogP contribution in [0.2, 0.25) is 5.02 Å². The fraction of sp³-hybridized carbons (Fsp3) is 0.417. The molecular weight excluding hydrogens is 222 g/mol. The van der Waals surface area contributed by atoms with Gasteiger partial charge in [0.1, 0.15) is 5.82 Å². The van der Waals surface area contributed by atoms with E-state index in [0.29, 0.717) is 6.04 Å². The van der Waals surface area contributed by atoms with Gasteiger partial charge in [-0.25, -0.2) is 4.98 Å². The van der Waals surface area contributed by atoms with Crippen molar-refractivity contribution in [2.75, 3.05) is 6.54 Å². The minimum Gasteiger partial charge on any atom is -0.330 e. The first-order chi connectivity index (χ1) is 7.75.